The topological polar surface area (TPSA) is 86.1 Å². The molecule has 0 aliphatic carbocycles. The van der Waals surface area contributed by atoms with Crippen LogP contribution in [0.5, 0.6) is 5.75 Å². The molecule has 0 saturated heterocycles. The second-order valence-corrected chi connectivity index (χ2v) is 6.36. The lowest BCUT2D eigenvalue weighted by Crippen LogP contribution is -2.29. The summed E-state index contributed by atoms with van der Waals surface area (Å²) in [4.78, 5) is 23.6. The normalized spacial score (nSPS) is 13.6. The molecule has 2 heterocycles. The van der Waals surface area contributed by atoms with Gasteiger partial charge < -0.3 is 14.6 Å². The van der Waals surface area contributed by atoms with E-state index in [4.69, 9.17) is 4.74 Å². The Morgan fingerprint density at radius 2 is 1.96 bits per heavy atom. The Labute approximate surface area is 152 Å². The summed E-state index contributed by atoms with van der Waals surface area (Å²) in [5.41, 5.74) is 0.650. The van der Waals surface area contributed by atoms with E-state index in [1.54, 1.807) is 24.3 Å². The SMILES string of the molecule is CCC(=O)c1ccc(OCC(=O)NCc2nnc3n2CCCCC3)cc1. The predicted octanol–water partition coefficient (Wildman–Crippen LogP) is 2.29. The van der Waals surface area contributed by atoms with E-state index in [1.807, 2.05) is 6.92 Å². The number of carbonyl (C=O) groups is 2. The van der Waals surface area contributed by atoms with Gasteiger partial charge in [-0.05, 0) is 37.1 Å². The van der Waals surface area contributed by atoms with Crippen molar-refractivity contribution in [2.75, 3.05) is 6.61 Å². The summed E-state index contributed by atoms with van der Waals surface area (Å²) in [5.74, 6) is 2.22. The molecule has 1 N–H and O–H groups in total. The Morgan fingerprint density at radius 3 is 2.73 bits per heavy atom. The van der Waals surface area contributed by atoms with Crippen LogP contribution >= 0.6 is 0 Å². The van der Waals surface area contributed by atoms with E-state index in [1.165, 1.54) is 6.42 Å². The molecule has 1 aliphatic rings. The van der Waals surface area contributed by atoms with Crippen LogP contribution < -0.4 is 10.1 Å². The molecule has 2 aromatic rings. The molecule has 0 fully saturated rings. The van der Waals surface area contributed by atoms with Crippen molar-refractivity contribution in [3.05, 3.63) is 41.5 Å². The third kappa shape index (κ3) is 4.47. The molecule has 7 nitrogen and oxygen atoms in total. The highest BCUT2D eigenvalue weighted by molar-refractivity contribution is 5.95. The molecule has 1 aliphatic heterocycles. The van der Waals surface area contributed by atoms with Gasteiger partial charge in [-0.3, -0.25) is 9.59 Å². The van der Waals surface area contributed by atoms with Crippen molar-refractivity contribution in [1.82, 2.24) is 20.1 Å². The van der Waals surface area contributed by atoms with E-state index >= 15 is 0 Å². The first kappa shape index (κ1) is 18.1. The minimum Gasteiger partial charge on any atom is -0.484 e. The number of nitrogens with one attached hydrogen (secondary N) is 1. The van der Waals surface area contributed by atoms with Gasteiger partial charge in [-0.2, -0.15) is 0 Å². The zero-order valence-corrected chi connectivity index (χ0v) is 15.0. The maximum atomic E-state index is 12.0. The summed E-state index contributed by atoms with van der Waals surface area (Å²) >= 11 is 0. The minimum atomic E-state index is -0.218. The second-order valence-electron chi connectivity index (χ2n) is 6.36. The highest BCUT2D eigenvalue weighted by Gasteiger charge is 2.15. The van der Waals surface area contributed by atoms with Gasteiger partial charge >= 0.3 is 0 Å². The number of ketones is 1. The van der Waals surface area contributed by atoms with Crippen LogP contribution in [-0.2, 0) is 24.3 Å². The fourth-order valence-corrected chi connectivity index (χ4v) is 2.99. The van der Waals surface area contributed by atoms with Gasteiger partial charge in [0.15, 0.2) is 18.2 Å². The lowest BCUT2D eigenvalue weighted by Gasteiger charge is -2.09. The van der Waals surface area contributed by atoms with Gasteiger partial charge in [0, 0.05) is 24.9 Å². The molecule has 0 atom stereocenters. The lowest BCUT2D eigenvalue weighted by molar-refractivity contribution is -0.123. The number of aryl methyl sites for hydroxylation is 1. The molecule has 7 heteroatoms. The molecular weight excluding hydrogens is 332 g/mol. The highest BCUT2D eigenvalue weighted by atomic mass is 16.5. The zero-order valence-electron chi connectivity index (χ0n) is 15.0. The van der Waals surface area contributed by atoms with E-state index in [9.17, 15) is 9.59 Å². The van der Waals surface area contributed by atoms with E-state index in [0.29, 0.717) is 24.3 Å². The van der Waals surface area contributed by atoms with Gasteiger partial charge in [0.1, 0.15) is 11.6 Å². The smallest absolute Gasteiger partial charge is 0.258 e. The van der Waals surface area contributed by atoms with E-state index in [-0.39, 0.29) is 18.3 Å². The van der Waals surface area contributed by atoms with Crippen LogP contribution in [0, 0.1) is 0 Å². The Kier molecular flexibility index (Phi) is 5.99. The second kappa shape index (κ2) is 8.60. The van der Waals surface area contributed by atoms with E-state index < -0.39 is 0 Å². The van der Waals surface area contributed by atoms with Gasteiger partial charge in [0.25, 0.3) is 5.91 Å². The van der Waals surface area contributed by atoms with Crippen molar-refractivity contribution in [1.29, 1.82) is 0 Å². The standard InChI is InChI=1S/C19H24N4O3/c1-2-16(24)14-7-9-15(10-8-14)26-13-19(25)20-12-18-22-21-17-6-4-3-5-11-23(17)18/h7-10H,2-6,11-13H2,1H3,(H,20,25). The number of amides is 1. The Balaban J connectivity index is 1.47. The Morgan fingerprint density at radius 1 is 1.15 bits per heavy atom. The van der Waals surface area contributed by atoms with E-state index in [2.05, 4.69) is 20.1 Å². The summed E-state index contributed by atoms with van der Waals surface area (Å²) in [6.45, 7) is 3.00. The fraction of sp³-hybridized carbons (Fsp3) is 0.474. The molecule has 3 rings (SSSR count). The quantitative estimate of drug-likeness (QED) is 0.769. The molecule has 0 unspecified atom stereocenters. The molecular formula is C19H24N4O3. The predicted molar refractivity (Wildman–Crippen MR) is 96.0 cm³/mol. The monoisotopic (exact) mass is 356 g/mol. The van der Waals surface area contributed by atoms with Gasteiger partial charge in [0.2, 0.25) is 0 Å². The number of benzene rings is 1. The van der Waals surface area contributed by atoms with Crippen molar-refractivity contribution < 1.29 is 14.3 Å². The molecule has 0 radical (unpaired) electrons. The molecule has 138 valence electrons. The Hall–Kier alpha value is -2.70. The highest BCUT2D eigenvalue weighted by Crippen LogP contribution is 2.15. The van der Waals surface area contributed by atoms with E-state index in [0.717, 1.165) is 37.5 Å². The number of hydrogen-bond acceptors (Lipinski definition) is 5. The lowest BCUT2D eigenvalue weighted by atomic mass is 10.1. The Bertz CT molecular complexity index is 768. The van der Waals surface area contributed by atoms with Crippen LogP contribution in [0.25, 0.3) is 0 Å². The molecule has 1 aromatic carbocycles. The first-order valence-corrected chi connectivity index (χ1v) is 9.11. The van der Waals surface area contributed by atoms with Crippen molar-refractivity contribution in [2.24, 2.45) is 0 Å². The van der Waals surface area contributed by atoms with Crippen molar-refractivity contribution in [3.8, 4) is 5.75 Å². The summed E-state index contributed by atoms with van der Waals surface area (Å²) < 4.78 is 7.58. The number of fused-ring (bicyclic) bond motifs is 1. The number of carbonyl (C=O) groups excluding carboxylic acids is 2. The van der Waals surface area contributed by atoms with Crippen molar-refractivity contribution in [3.63, 3.8) is 0 Å². The summed E-state index contributed by atoms with van der Waals surface area (Å²) in [7, 11) is 0. The largest absolute Gasteiger partial charge is 0.484 e. The van der Waals surface area contributed by atoms with Gasteiger partial charge in [0.05, 0.1) is 6.54 Å². The summed E-state index contributed by atoms with van der Waals surface area (Å²) in [6, 6.07) is 6.83. The number of ether oxygens (including phenoxy) is 1. The van der Waals surface area contributed by atoms with Crippen LogP contribution in [0.2, 0.25) is 0 Å². The summed E-state index contributed by atoms with van der Waals surface area (Å²) in [6.07, 6.45) is 4.87. The van der Waals surface area contributed by atoms with Crippen molar-refractivity contribution >= 4 is 11.7 Å². The number of hydrogen-bond donors (Lipinski definition) is 1. The molecule has 1 aromatic heterocycles. The maximum absolute atomic E-state index is 12.0. The summed E-state index contributed by atoms with van der Waals surface area (Å²) in [5, 5.41) is 11.2. The van der Waals surface area contributed by atoms with Crippen LogP contribution in [0.1, 0.15) is 54.6 Å². The molecule has 0 saturated carbocycles. The van der Waals surface area contributed by atoms with Crippen LogP contribution in [0.3, 0.4) is 0 Å². The van der Waals surface area contributed by atoms with Crippen molar-refractivity contribution in [2.45, 2.75) is 52.1 Å². The maximum Gasteiger partial charge on any atom is 0.258 e. The molecule has 1 amide bonds. The first-order chi connectivity index (χ1) is 12.7. The fourth-order valence-electron chi connectivity index (χ4n) is 2.99. The number of aromatic nitrogens is 3. The minimum absolute atomic E-state index is 0.0813. The zero-order chi connectivity index (χ0) is 18.4. The van der Waals surface area contributed by atoms with Crippen LogP contribution in [0.4, 0.5) is 0 Å². The first-order valence-electron chi connectivity index (χ1n) is 9.11. The number of rotatable bonds is 7. The molecule has 26 heavy (non-hydrogen) atoms. The third-order valence-electron chi connectivity index (χ3n) is 4.50. The van der Waals surface area contributed by atoms with Gasteiger partial charge in [-0.25, -0.2) is 0 Å². The molecule has 0 bridgehead atoms. The molecule has 0 spiro atoms. The number of Topliss-reactive ketones (excluding diaryl/α,β-unsaturated/α-hetero) is 1. The average molecular weight is 356 g/mol. The van der Waals surface area contributed by atoms with Gasteiger partial charge in [-0.15, -0.1) is 10.2 Å². The third-order valence-corrected chi connectivity index (χ3v) is 4.50. The van der Waals surface area contributed by atoms with Crippen LogP contribution in [0.15, 0.2) is 24.3 Å². The van der Waals surface area contributed by atoms with Crippen LogP contribution in [-0.4, -0.2) is 33.1 Å². The van der Waals surface area contributed by atoms with Gasteiger partial charge in [-0.1, -0.05) is 13.3 Å². The average Bonchev–Trinajstić information content (AvgIpc) is 2.90. The number of nitrogens with zero attached hydrogens (tertiary/aromatic N) is 3.